The fourth-order valence-corrected chi connectivity index (χ4v) is 4.44. The van der Waals surface area contributed by atoms with Crippen molar-refractivity contribution in [3.05, 3.63) is 48.0 Å². The van der Waals surface area contributed by atoms with Crippen LogP contribution in [0.2, 0.25) is 0 Å². The number of para-hydroxylation sites is 2. The number of aromatic amines is 2. The van der Waals surface area contributed by atoms with Crippen LogP contribution in [0.1, 0.15) is 19.4 Å². The number of esters is 2. The summed E-state index contributed by atoms with van der Waals surface area (Å²) in [6, 6.07) is 13.4. The van der Waals surface area contributed by atoms with Gasteiger partial charge >= 0.3 is 11.9 Å². The fraction of sp³-hybridized carbons (Fsp3) is 0.280. The number of thioether (sulfide) groups is 2. The Kier molecular flexibility index (Phi) is 10.3. The van der Waals surface area contributed by atoms with E-state index in [4.69, 9.17) is 0 Å². The molecule has 0 saturated carbocycles. The highest BCUT2D eigenvalue weighted by molar-refractivity contribution is 8.00. The van der Waals surface area contributed by atoms with Crippen molar-refractivity contribution in [2.45, 2.75) is 31.1 Å². The minimum absolute atomic E-state index is 0.0254. The summed E-state index contributed by atoms with van der Waals surface area (Å²) >= 11 is 2.39. The third-order valence-corrected chi connectivity index (χ3v) is 6.42. The largest absolute Gasteiger partial charge is 0.460 e. The highest BCUT2D eigenvalue weighted by Gasteiger charge is 2.17. The molecule has 0 bridgehead atoms. The second-order valence-electron chi connectivity index (χ2n) is 7.49. The van der Waals surface area contributed by atoms with Crippen molar-refractivity contribution in [3.8, 4) is 0 Å². The Labute approximate surface area is 221 Å². The number of rotatable bonds is 10. The number of imidazole rings is 2. The standard InChI is InChI=1S/C13H14N2O3S.C12H12N2O3S/c1-3-18-12(17)11(16)7-19-13-14-9-5-4-8(2)6-10(9)15-13;1-2-17-11(16)10(15)7-18-12-13-8-5-3-4-6-9(8)14-12/h4-6H,3,7H2,1-2H3,(H,14,15);3-6H,2,7H2,1H3,(H,13,14). The third-order valence-electron chi connectivity index (χ3n) is 4.67. The van der Waals surface area contributed by atoms with E-state index in [1.54, 1.807) is 13.8 Å². The summed E-state index contributed by atoms with van der Waals surface area (Å²) in [7, 11) is 0. The van der Waals surface area contributed by atoms with E-state index < -0.39 is 23.5 Å². The van der Waals surface area contributed by atoms with Crippen LogP contribution >= 0.6 is 23.5 Å². The summed E-state index contributed by atoms with van der Waals surface area (Å²) < 4.78 is 9.25. The second kappa shape index (κ2) is 13.6. The smallest absolute Gasteiger partial charge is 0.375 e. The van der Waals surface area contributed by atoms with Crippen molar-refractivity contribution in [2.24, 2.45) is 0 Å². The predicted molar refractivity (Wildman–Crippen MR) is 142 cm³/mol. The average Bonchev–Trinajstić information content (AvgIpc) is 3.49. The summed E-state index contributed by atoms with van der Waals surface area (Å²) in [5.74, 6) is -2.63. The van der Waals surface area contributed by atoms with E-state index >= 15 is 0 Å². The van der Waals surface area contributed by atoms with Crippen LogP contribution in [0.3, 0.4) is 0 Å². The van der Waals surface area contributed by atoms with Gasteiger partial charge in [-0.2, -0.15) is 0 Å². The maximum absolute atomic E-state index is 11.4. The Bertz CT molecular complexity index is 1380. The van der Waals surface area contributed by atoms with Crippen LogP contribution in [0, 0.1) is 6.92 Å². The van der Waals surface area contributed by atoms with Gasteiger partial charge in [0.1, 0.15) is 0 Å². The maximum Gasteiger partial charge on any atom is 0.375 e. The zero-order chi connectivity index (χ0) is 26.8. The van der Waals surface area contributed by atoms with Gasteiger partial charge in [0.25, 0.3) is 0 Å². The van der Waals surface area contributed by atoms with Gasteiger partial charge in [0.15, 0.2) is 10.3 Å². The van der Waals surface area contributed by atoms with Crippen LogP contribution < -0.4 is 0 Å². The molecule has 2 aromatic heterocycles. The fourth-order valence-electron chi connectivity index (χ4n) is 2.98. The molecule has 0 radical (unpaired) electrons. The Morgan fingerprint density at radius 3 is 1.81 bits per heavy atom. The Hall–Kier alpha value is -3.64. The molecule has 0 aliphatic rings. The van der Waals surface area contributed by atoms with Crippen molar-refractivity contribution >= 4 is 69.1 Å². The summed E-state index contributed by atoms with van der Waals surface area (Å²) in [6.07, 6.45) is 0. The van der Waals surface area contributed by atoms with Gasteiger partial charge in [-0.3, -0.25) is 9.59 Å². The second-order valence-corrected chi connectivity index (χ2v) is 9.41. The highest BCUT2D eigenvalue weighted by atomic mass is 32.2. The van der Waals surface area contributed by atoms with E-state index in [1.807, 2.05) is 49.4 Å². The lowest BCUT2D eigenvalue weighted by Gasteiger charge is -1.98. The van der Waals surface area contributed by atoms with E-state index in [-0.39, 0.29) is 24.7 Å². The SMILES string of the molecule is CCOC(=O)C(=O)CSc1nc2ccc(C)cc2[nH]1.CCOC(=O)C(=O)CSc1nc2ccccc2[nH]1. The first kappa shape index (κ1) is 27.9. The molecule has 0 aliphatic carbocycles. The predicted octanol–water partition coefficient (Wildman–Crippen LogP) is 3.88. The van der Waals surface area contributed by atoms with Crippen LogP contribution in [0.25, 0.3) is 22.1 Å². The Balaban J connectivity index is 0.000000206. The molecule has 0 saturated heterocycles. The number of Topliss-reactive ketones (excluding diaryl/α,β-unsaturated/α-hetero) is 2. The minimum Gasteiger partial charge on any atom is -0.460 e. The molecular weight excluding hydrogens is 516 g/mol. The summed E-state index contributed by atoms with van der Waals surface area (Å²) in [5.41, 5.74) is 4.64. The molecule has 4 rings (SSSR count). The zero-order valence-corrected chi connectivity index (χ0v) is 22.2. The van der Waals surface area contributed by atoms with Gasteiger partial charge < -0.3 is 19.4 Å². The van der Waals surface area contributed by atoms with E-state index in [9.17, 15) is 19.2 Å². The number of hydrogen-bond acceptors (Lipinski definition) is 10. The highest BCUT2D eigenvalue weighted by Crippen LogP contribution is 2.21. The molecule has 4 aromatic rings. The normalized spacial score (nSPS) is 10.6. The molecule has 0 spiro atoms. The summed E-state index contributed by atoms with van der Waals surface area (Å²) in [6.45, 7) is 5.74. The summed E-state index contributed by atoms with van der Waals surface area (Å²) in [4.78, 5) is 59.9. The zero-order valence-electron chi connectivity index (χ0n) is 20.5. The molecular formula is C25H26N4O6S2. The van der Waals surface area contributed by atoms with Crippen molar-refractivity contribution in [1.29, 1.82) is 0 Å². The molecule has 2 aromatic carbocycles. The number of H-pyrrole nitrogens is 2. The first-order valence-corrected chi connectivity index (χ1v) is 13.3. The van der Waals surface area contributed by atoms with E-state index in [0.717, 1.165) is 27.6 Å². The number of carbonyl (C=O) groups is 4. The Morgan fingerprint density at radius 2 is 1.27 bits per heavy atom. The molecule has 10 nitrogen and oxygen atoms in total. The van der Waals surface area contributed by atoms with Crippen LogP contribution in [-0.2, 0) is 28.7 Å². The van der Waals surface area contributed by atoms with Gasteiger partial charge in [-0.25, -0.2) is 19.6 Å². The van der Waals surface area contributed by atoms with E-state index in [1.165, 1.54) is 23.5 Å². The van der Waals surface area contributed by atoms with Crippen LogP contribution in [0.5, 0.6) is 0 Å². The van der Waals surface area contributed by atoms with Gasteiger partial charge in [-0.15, -0.1) is 0 Å². The monoisotopic (exact) mass is 542 g/mol. The minimum atomic E-state index is -0.791. The van der Waals surface area contributed by atoms with Crippen molar-refractivity contribution in [1.82, 2.24) is 19.9 Å². The molecule has 0 fully saturated rings. The van der Waals surface area contributed by atoms with E-state index in [0.29, 0.717) is 10.3 Å². The summed E-state index contributed by atoms with van der Waals surface area (Å²) in [5, 5.41) is 1.24. The average molecular weight is 543 g/mol. The van der Waals surface area contributed by atoms with Crippen molar-refractivity contribution in [2.75, 3.05) is 24.7 Å². The number of hydrogen-bond donors (Lipinski definition) is 2. The van der Waals surface area contributed by atoms with Gasteiger partial charge in [0.2, 0.25) is 11.6 Å². The number of nitrogens with zero attached hydrogens (tertiary/aromatic N) is 2. The number of nitrogens with one attached hydrogen (secondary N) is 2. The van der Waals surface area contributed by atoms with Crippen molar-refractivity contribution in [3.63, 3.8) is 0 Å². The topological polar surface area (TPSA) is 144 Å². The number of ketones is 2. The molecule has 0 amide bonds. The van der Waals surface area contributed by atoms with Crippen LogP contribution in [0.15, 0.2) is 52.8 Å². The van der Waals surface area contributed by atoms with Gasteiger partial charge in [0.05, 0.1) is 46.8 Å². The lowest BCUT2D eigenvalue weighted by atomic mass is 10.2. The first-order valence-electron chi connectivity index (χ1n) is 11.4. The molecule has 2 heterocycles. The number of ether oxygens (including phenoxy) is 2. The van der Waals surface area contributed by atoms with Gasteiger partial charge in [-0.05, 0) is 50.6 Å². The number of aryl methyl sites for hydroxylation is 1. The third kappa shape index (κ3) is 8.19. The quantitative estimate of drug-likeness (QED) is 0.172. The molecule has 37 heavy (non-hydrogen) atoms. The molecule has 0 aliphatic heterocycles. The van der Waals surface area contributed by atoms with Gasteiger partial charge in [-0.1, -0.05) is 41.7 Å². The molecule has 2 N–H and O–H groups in total. The number of carbonyl (C=O) groups excluding carboxylic acids is 4. The van der Waals surface area contributed by atoms with Gasteiger partial charge in [0, 0.05) is 0 Å². The molecule has 12 heteroatoms. The van der Waals surface area contributed by atoms with E-state index in [2.05, 4.69) is 29.4 Å². The molecule has 0 unspecified atom stereocenters. The van der Waals surface area contributed by atoms with Crippen LogP contribution in [0.4, 0.5) is 0 Å². The Morgan fingerprint density at radius 1 is 0.757 bits per heavy atom. The van der Waals surface area contributed by atoms with Crippen LogP contribution in [-0.4, -0.2) is 68.2 Å². The maximum atomic E-state index is 11.4. The lowest BCUT2D eigenvalue weighted by Crippen LogP contribution is -2.19. The van der Waals surface area contributed by atoms with Crippen molar-refractivity contribution < 1.29 is 28.7 Å². The number of aromatic nitrogens is 4. The number of fused-ring (bicyclic) bond motifs is 2. The molecule has 0 atom stereocenters. The molecule has 194 valence electrons. The number of benzene rings is 2. The lowest BCUT2D eigenvalue weighted by molar-refractivity contribution is -0.152. The first-order chi connectivity index (χ1) is 17.8.